The van der Waals surface area contributed by atoms with Crippen LogP contribution in [-0.4, -0.2) is 46.3 Å². The van der Waals surface area contributed by atoms with E-state index in [1.54, 1.807) is 32.9 Å². The molecule has 8 heteroatoms. The van der Waals surface area contributed by atoms with Gasteiger partial charge in [0, 0.05) is 0 Å². The maximum Gasteiger partial charge on any atom is 0.330 e. The topological polar surface area (TPSA) is 117 Å². The fourth-order valence-electron chi connectivity index (χ4n) is 3.21. The summed E-state index contributed by atoms with van der Waals surface area (Å²) >= 11 is 0. The highest BCUT2D eigenvalue weighted by molar-refractivity contribution is 6.22. The summed E-state index contributed by atoms with van der Waals surface area (Å²) in [6, 6.07) is 7.28. The fraction of sp³-hybridized carbons (Fsp3) is 0.522. The molecule has 1 heterocycles. The molecule has 0 unspecified atom stereocenters. The van der Waals surface area contributed by atoms with E-state index in [4.69, 9.17) is 4.74 Å². The van der Waals surface area contributed by atoms with E-state index in [0.29, 0.717) is 0 Å². The van der Waals surface area contributed by atoms with Crippen molar-refractivity contribution >= 4 is 23.7 Å². The Balaban J connectivity index is 2.21. The Labute approximate surface area is 182 Å². The number of carbonyl (C=O) groups is 4. The third-order valence-electron chi connectivity index (χ3n) is 5.54. The van der Waals surface area contributed by atoms with Gasteiger partial charge in [0.1, 0.15) is 11.6 Å². The van der Waals surface area contributed by atoms with Gasteiger partial charge in [-0.2, -0.15) is 5.26 Å². The number of carbonyl (C=O) groups excluding carboxylic acids is 4. The normalized spacial score (nSPS) is 17.1. The standard InChI is InChI=1S/C23H29N3O5/c1-13(2)11-18(26-20(28)16-9-7-8-10-17(16)21(26)29)22(30)31-15(5)19(27)25-23(6,12-24)14(3)4/h7-10,13-15,18H,11H2,1-6H3,(H,25,27)/t15-,18-,23-/m0/s1. The molecule has 1 aromatic rings. The Morgan fingerprint density at radius 1 is 1.10 bits per heavy atom. The van der Waals surface area contributed by atoms with Gasteiger partial charge in [-0.15, -0.1) is 0 Å². The highest BCUT2D eigenvalue weighted by atomic mass is 16.5. The molecule has 3 amide bonds. The van der Waals surface area contributed by atoms with E-state index in [2.05, 4.69) is 11.4 Å². The lowest BCUT2D eigenvalue weighted by Gasteiger charge is -2.30. The van der Waals surface area contributed by atoms with Crippen LogP contribution in [0.5, 0.6) is 0 Å². The van der Waals surface area contributed by atoms with Crippen molar-refractivity contribution in [3.8, 4) is 6.07 Å². The van der Waals surface area contributed by atoms with E-state index in [1.165, 1.54) is 19.1 Å². The minimum atomic E-state index is -1.20. The number of ether oxygens (including phenoxy) is 1. The number of benzene rings is 1. The fourth-order valence-corrected chi connectivity index (χ4v) is 3.21. The molecule has 166 valence electrons. The third-order valence-corrected chi connectivity index (χ3v) is 5.54. The molecular formula is C23H29N3O5. The van der Waals surface area contributed by atoms with E-state index in [-0.39, 0.29) is 29.4 Å². The van der Waals surface area contributed by atoms with Crippen LogP contribution in [0, 0.1) is 23.2 Å². The lowest BCUT2D eigenvalue weighted by atomic mass is 9.90. The predicted octanol–water partition coefficient (Wildman–Crippen LogP) is 2.68. The Morgan fingerprint density at radius 2 is 1.61 bits per heavy atom. The van der Waals surface area contributed by atoms with Crippen molar-refractivity contribution in [2.75, 3.05) is 0 Å². The summed E-state index contributed by atoms with van der Waals surface area (Å²) in [7, 11) is 0. The first kappa shape index (κ1) is 24.1. The van der Waals surface area contributed by atoms with Crippen molar-refractivity contribution < 1.29 is 23.9 Å². The summed E-state index contributed by atoms with van der Waals surface area (Å²) in [4.78, 5) is 52.1. The molecule has 0 bridgehead atoms. The molecule has 2 rings (SSSR count). The number of rotatable bonds is 8. The smallest absolute Gasteiger partial charge is 0.330 e. The molecular weight excluding hydrogens is 398 g/mol. The molecule has 3 atom stereocenters. The summed E-state index contributed by atoms with van der Waals surface area (Å²) < 4.78 is 5.35. The number of nitrogens with zero attached hydrogens (tertiary/aromatic N) is 2. The second kappa shape index (κ2) is 9.29. The van der Waals surface area contributed by atoms with Gasteiger partial charge in [-0.1, -0.05) is 39.8 Å². The molecule has 0 spiro atoms. The van der Waals surface area contributed by atoms with Gasteiger partial charge >= 0.3 is 5.97 Å². The number of imide groups is 1. The van der Waals surface area contributed by atoms with Crippen LogP contribution in [-0.2, 0) is 14.3 Å². The molecule has 0 aliphatic carbocycles. The van der Waals surface area contributed by atoms with E-state index in [9.17, 15) is 24.4 Å². The highest BCUT2D eigenvalue weighted by Crippen LogP contribution is 2.27. The Bertz CT molecular complexity index is 898. The zero-order valence-electron chi connectivity index (χ0n) is 18.8. The van der Waals surface area contributed by atoms with Gasteiger partial charge in [-0.25, -0.2) is 4.79 Å². The van der Waals surface area contributed by atoms with Crippen molar-refractivity contribution in [2.45, 2.75) is 65.6 Å². The van der Waals surface area contributed by atoms with Crippen molar-refractivity contribution in [3.05, 3.63) is 35.4 Å². The largest absolute Gasteiger partial charge is 0.451 e. The summed E-state index contributed by atoms with van der Waals surface area (Å²) in [5, 5.41) is 12.0. The molecule has 0 fully saturated rings. The van der Waals surface area contributed by atoms with Gasteiger partial charge in [0.25, 0.3) is 17.7 Å². The van der Waals surface area contributed by atoms with Crippen LogP contribution in [0.1, 0.15) is 68.7 Å². The molecule has 31 heavy (non-hydrogen) atoms. The van der Waals surface area contributed by atoms with Crippen LogP contribution in [0.15, 0.2) is 24.3 Å². The number of amides is 3. The van der Waals surface area contributed by atoms with Crippen LogP contribution in [0.3, 0.4) is 0 Å². The number of hydrogen-bond acceptors (Lipinski definition) is 6. The molecule has 1 aliphatic heterocycles. The summed E-state index contributed by atoms with van der Waals surface area (Å²) in [6.07, 6.45) is -1.01. The SMILES string of the molecule is CC(C)C[C@@H](C(=O)O[C@@H](C)C(=O)N[C@@](C)(C#N)C(C)C)N1C(=O)c2ccccc2C1=O. The maximum absolute atomic E-state index is 13.0. The molecule has 0 radical (unpaired) electrons. The van der Waals surface area contributed by atoms with E-state index >= 15 is 0 Å². The van der Waals surface area contributed by atoms with Crippen molar-refractivity contribution in [1.29, 1.82) is 5.26 Å². The van der Waals surface area contributed by atoms with Crippen LogP contribution < -0.4 is 5.32 Å². The van der Waals surface area contributed by atoms with Crippen LogP contribution >= 0.6 is 0 Å². The Kier molecular flexibility index (Phi) is 7.21. The number of hydrogen-bond donors (Lipinski definition) is 1. The Hall–Kier alpha value is -3.21. The van der Waals surface area contributed by atoms with Gasteiger partial charge in [-0.05, 0) is 44.2 Å². The first-order chi connectivity index (χ1) is 14.4. The average Bonchev–Trinajstić information content (AvgIpc) is 2.96. The van der Waals surface area contributed by atoms with Crippen LogP contribution in [0.25, 0.3) is 0 Å². The molecule has 8 nitrogen and oxygen atoms in total. The van der Waals surface area contributed by atoms with Crippen molar-refractivity contribution in [2.24, 2.45) is 11.8 Å². The number of fused-ring (bicyclic) bond motifs is 1. The molecule has 0 aromatic heterocycles. The average molecular weight is 428 g/mol. The van der Waals surface area contributed by atoms with E-state index in [0.717, 1.165) is 4.90 Å². The quantitative estimate of drug-likeness (QED) is 0.504. The third kappa shape index (κ3) is 4.93. The lowest BCUT2D eigenvalue weighted by molar-refractivity contribution is -0.159. The van der Waals surface area contributed by atoms with Gasteiger partial charge in [0.2, 0.25) is 0 Å². The van der Waals surface area contributed by atoms with Gasteiger partial charge in [0.05, 0.1) is 17.2 Å². The summed E-state index contributed by atoms with van der Waals surface area (Å²) in [5.41, 5.74) is -0.652. The van der Waals surface area contributed by atoms with E-state index < -0.39 is 41.4 Å². The zero-order valence-corrected chi connectivity index (χ0v) is 18.8. The Morgan fingerprint density at radius 3 is 2.03 bits per heavy atom. The summed E-state index contributed by atoms with van der Waals surface area (Å²) in [6.45, 7) is 10.3. The van der Waals surface area contributed by atoms with Crippen LogP contribution in [0.2, 0.25) is 0 Å². The van der Waals surface area contributed by atoms with Crippen LogP contribution in [0.4, 0.5) is 0 Å². The first-order valence-corrected chi connectivity index (χ1v) is 10.3. The van der Waals surface area contributed by atoms with Gasteiger partial charge in [-0.3, -0.25) is 19.3 Å². The monoisotopic (exact) mass is 427 g/mol. The molecule has 1 aromatic carbocycles. The highest BCUT2D eigenvalue weighted by Gasteiger charge is 2.44. The predicted molar refractivity (Wildman–Crippen MR) is 113 cm³/mol. The second-order valence-corrected chi connectivity index (χ2v) is 8.71. The van der Waals surface area contributed by atoms with Crippen molar-refractivity contribution in [1.82, 2.24) is 10.2 Å². The second-order valence-electron chi connectivity index (χ2n) is 8.71. The van der Waals surface area contributed by atoms with Crippen molar-refractivity contribution in [3.63, 3.8) is 0 Å². The van der Waals surface area contributed by atoms with E-state index in [1.807, 2.05) is 13.8 Å². The molecule has 0 saturated heterocycles. The number of nitriles is 1. The maximum atomic E-state index is 13.0. The minimum absolute atomic E-state index is 0.0196. The summed E-state index contributed by atoms with van der Waals surface area (Å²) in [5.74, 6) is -2.77. The minimum Gasteiger partial charge on any atom is -0.451 e. The van der Waals surface area contributed by atoms with Gasteiger partial charge in [0.15, 0.2) is 6.10 Å². The zero-order chi connectivity index (χ0) is 23.5. The number of nitrogens with one attached hydrogen (secondary N) is 1. The number of esters is 1. The lowest BCUT2D eigenvalue weighted by Crippen LogP contribution is -2.53. The molecule has 0 saturated carbocycles. The van der Waals surface area contributed by atoms with Gasteiger partial charge < -0.3 is 10.1 Å². The molecule has 1 N–H and O–H groups in total. The first-order valence-electron chi connectivity index (χ1n) is 10.3. The molecule has 1 aliphatic rings.